The SMILES string of the molecule is CC(C)(C)NS(=O)(=O)c1cc(Br)cc2c1N(C(=O)C1CC1)CC2. The minimum absolute atomic E-state index is 0.0540. The van der Waals surface area contributed by atoms with Gasteiger partial charge in [0, 0.05) is 22.5 Å². The lowest BCUT2D eigenvalue weighted by atomic mass is 10.1. The number of rotatable bonds is 3. The van der Waals surface area contributed by atoms with Crippen molar-refractivity contribution in [2.75, 3.05) is 11.4 Å². The number of benzene rings is 1. The van der Waals surface area contributed by atoms with Crippen LogP contribution in [0, 0.1) is 5.92 Å². The average Bonchev–Trinajstić information content (AvgIpc) is 3.15. The van der Waals surface area contributed by atoms with E-state index in [0.717, 1.165) is 18.4 Å². The van der Waals surface area contributed by atoms with Crippen LogP contribution in [-0.2, 0) is 21.2 Å². The van der Waals surface area contributed by atoms with Crippen molar-refractivity contribution in [2.45, 2.75) is 50.5 Å². The Labute approximate surface area is 145 Å². The first-order chi connectivity index (χ1) is 10.6. The van der Waals surface area contributed by atoms with Crippen molar-refractivity contribution in [2.24, 2.45) is 5.92 Å². The maximum absolute atomic E-state index is 12.8. The second-order valence-corrected chi connectivity index (χ2v) is 9.85. The fourth-order valence-electron chi connectivity index (χ4n) is 2.90. The Hall–Kier alpha value is -0.920. The molecule has 0 aromatic heterocycles. The van der Waals surface area contributed by atoms with Crippen LogP contribution < -0.4 is 9.62 Å². The molecule has 1 saturated carbocycles. The number of sulfonamides is 1. The van der Waals surface area contributed by atoms with Crippen molar-refractivity contribution in [1.29, 1.82) is 0 Å². The van der Waals surface area contributed by atoms with Crippen LogP contribution in [0.3, 0.4) is 0 Å². The molecule has 0 atom stereocenters. The molecule has 7 heteroatoms. The van der Waals surface area contributed by atoms with Gasteiger partial charge in [0.15, 0.2) is 0 Å². The van der Waals surface area contributed by atoms with Crippen LogP contribution in [0.5, 0.6) is 0 Å². The Morgan fingerprint density at radius 2 is 1.96 bits per heavy atom. The van der Waals surface area contributed by atoms with Crippen LogP contribution in [-0.4, -0.2) is 26.4 Å². The molecule has 1 amide bonds. The maximum Gasteiger partial charge on any atom is 0.243 e. The summed E-state index contributed by atoms with van der Waals surface area (Å²) in [6.45, 7) is 5.96. The van der Waals surface area contributed by atoms with E-state index in [4.69, 9.17) is 0 Å². The third-order valence-corrected chi connectivity index (χ3v) is 6.15. The van der Waals surface area contributed by atoms with E-state index in [2.05, 4.69) is 20.7 Å². The van der Waals surface area contributed by atoms with Gasteiger partial charge in [-0.1, -0.05) is 15.9 Å². The zero-order chi connectivity index (χ0) is 17.0. The first kappa shape index (κ1) is 16.9. The number of hydrogen-bond acceptors (Lipinski definition) is 3. The summed E-state index contributed by atoms with van der Waals surface area (Å²) in [7, 11) is -3.71. The van der Waals surface area contributed by atoms with Gasteiger partial charge in [-0.15, -0.1) is 0 Å². The zero-order valence-corrected chi connectivity index (χ0v) is 15.9. The highest BCUT2D eigenvalue weighted by atomic mass is 79.9. The lowest BCUT2D eigenvalue weighted by Crippen LogP contribution is -2.41. The number of carbonyl (C=O) groups is 1. The molecule has 0 spiro atoms. The number of hydrogen-bond donors (Lipinski definition) is 1. The van der Waals surface area contributed by atoms with Gasteiger partial charge in [-0.25, -0.2) is 13.1 Å². The predicted molar refractivity (Wildman–Crippen MR) is 93.0 cm³/mol. The molecule has 1 fully saturated rings. The van der Waals surface area contributed by atoms with Crippen LogP contribution in [0.4, 0.5) is 5.69 Å². The van der Waals surface area contributed by atoms with Gasteiger partial charge in [-0.05, 0) is 57.7 Å². The molecule has 0 saturated heterocycles. The second-order valence-electron chi connectivity index (χ2n) is 7.28. The molecule has 1 aromatic carbocycles. The van der Waals surface area contributed by atoms with E-state index < -0.39 is 15.6 Å². The van der Waals surface area contributed by atoms with E-state index in [9.17, 15) is 13.2 Å². The van der Waals surface area contributed by atoms with E-state index in [1.807, 2.05) is 6.07 Å². The van der Waals surface area contributed by atoms with Gasteiger partial charge >= 0.3 is 0 Å². The third-order valence-electron chi connectivity index (χ3n) is 3.92. The van der Waals surface area contributed by atoms with Crippen molar-refractivity contribution in [3.05, 3.63) is 22.2 Å². The van der Waals surface area contributed by atoms with Gasteiger partial charge in [0.2, 0.25) is 15.9 Å². The summed E-state index contributed by atoms with van der Waals surface area (Å²) >= 11 is 3.39. The van der Waals surface area contributed by atoms with Gasteiger partial charge < -0.3 is 4.90 Å². The number of nitrogens with zero attached hydrogens (tertiary/aromatic N) is 1. The van der Waals surface area contributed by atoms with Gasteiger partial charge in [0.25, 0.3) is 0 Å². The topological polar surface area (TPSA) is 66.5 Å². The molecular weight excluding hydrogens is 380 g/mol. The summed E-state index contributed by atoms with van der Waals surface area (Å²) < 4.78 is 29.1. The minimum Gasteiger partial charge on any atom is -0.310 e. The van der Waals surface area contributed by atoms with Gasteiger partial charge in [-0.2, -0.15) is 0 Å². The smallest absolute Gasteiger partial charge is 0.243 e. The minimum atomic E-state index is -3.71. The summed E-state index contributed by atoms with van der Waals surface area (Å²) in [6, 6.07) is 3.50. The molecule has 1 aliphatic carbocycles. The van der Waals surface area contributed by atoms with Crippen LogP contribution in [0.15, 0.2) is 21.5 Å². The number of fused-ring (bicyclic) bond motifs is 1. The molecule has 1 N–H and O–H groups in total. The summed E-state index contributed by atoms with van der Waals surface area (Å²) in [5, 5.41) is 0. The molecule has 126 valence electrons. The second kappa shape index (κ2) is 5.57. The van der Waals surface area contributed by atoms with Crippen molar-refractivity contribution in [1.82, 2.24) is 4.72 Å². The Kier molecular flexibility index (Phi) is 4.09. The molecule has 0 unspecified atom stereocenters. The quantitative estimate of drug-likeness (QED) is 0.847. The lowest BCUT2D eigenvalue weighted by molar-refractivity contribution is -0.119. The van der Waals surface area contributed by atoms with Crippen LogP contribution in [0.1, 0.15) is 39.2 Å². The number of carbonyl (C=O) groups excluding carboxylic acids is 1. The Balaban J connectivity index is 2.09. The molecule has 2 aliphatic rings. The molecule has 5 nitrogen and oxygen atoms in total. The number of nitrogens with one attached hydrogen (secondary N) is 1. The maximum atomic E-state index is 12.8. The predicted octanol–water partition coefficient (Wildman–Crippen LogP) is 2.83. The Morgan fingerprint density at radius 3 is 2.52 bits per heavy atom. The van der Waals surface area contributed by atoms with Crippen LogP contribution in [0.25, 0.3) is 0 Å². The molecule has 1 aliphatic heterocycles. The Bertz CT molecular complexity index is 764. The zero-order valence-electron chi connectivity index (χ0n) is 13.5. The van der Waals surface area contributed by atoms with E-state index in [1.54, 1.807) is 31.7 Å². The summed E-state index contributed by atoms with van der Waals surface area (Å²) in [5.74, 6) is 0.119. The number of halogens is 1. The highest BCUT2D eigenvalue weighted by Crippen LogP contribution is 2.41. The molecule has 23 heavy (non-hydrogen) atoms. The normalized spacial score (nSPS) is 18.2. The first-order valence-corrected chi connectivity index (χ1v) is 10.0. The van der Waals surface area contributed by atoms with Crippen molar-refractivity contribution in [3.8, 4) is 0 Å². The first-order valence-electron chi connectivity index (χ1n) is 7.76. The molecule has 3 rings (SSSR count). The van der Waals surface area contributed by atoms with Crippen molar-refractivity contribution < 1.29 is 13.2 Å². The third kappa shape index (κ3) is 3.46. The summed E-state index contributed by atoms with van der Waals surface area (Å²) in [4.78, 5) is 14.4. The van der Waals surface area contributed by atoms with Crippen molar-refractivity contribution >= 4 is 37.5 Å². The standard InChI is InChI=1S/C16H21BrN2O3S/c1-16(2,3)18-23(21,22)13-9-12(17)8-11-6-7-19(14(11)13)15(20)10-4-5-10/h8-10,18H,4-7H2,1-3H3. The van der Waals surface area contributed by atoms with Gasteiger partial charge in [-0.3, -0.25) is 4.79 Å². The Morgan fingerprint density at radius 1 is 1.30 bits per heavy atom. The monoisotopic (exact) mass is 400 g/mol. The van der Waals surface area contributed by atoms with Gasteiger partial charge in [0.05, 0.1) is 5.69 Å². The molecule has 0 bridgehead atoms. The number of anilines is 1. The largest absolute Gasteiger partial charge is 0.310 e. The van der Waals surface area contributed by atoms with E-state index in [0.29, 0.717) is 23.1 Å². The highest BCUT2D eigenvalue weighted by molar-refractivity contribution is 9.10. The fourth-order valence-corrected chi connectivity index (χ4v) is 5.25. The molecular formula is C16H21BrN2O3S. The van der Waals surface area contributed by atoms with Crippen molar-refractivity contribution in [3.63, 3.8) is 0 Å². The van der Waals surface area contributed by atoms with Crippen LogP contribution >= 0.6 is 15.9 Å². The number of amides is 1. The molecule has 1 heterocycles. The highest BCUT2D eigenvalue weighted by Gasteiger charge is 2.39. The van der Waals surface area contributed by atoms with Crippen LogP contribution in [0.2, 0.25) is 0 Å². The van der Waals surface area contributed by atoms with E-state index in [1.165, 1.54) is 0 Å². The average molecular weight is 401 g/mol. The summed E-state index contributed by atoms with van der Waals surface area (Å²) in [5.41, 5.74) is 0.877. The molecule has 0 radical (unpaired) electrons. The lowest BCUT2D eigenvalue weighted by Gasteiger charge is -2.24. The van der Waals surface area contributed by atoms with E-state index >= 15 is 0 Å². The van der Waals surface area contributed by atoms with E-state index in [-0.39, 0.29) is 16.7 Å². The summed E-state index contributed by atoms with van der Waals surface area (Å²) in [6.07, 6.45) is 2.50. The van der Waals surface area contributed by atoms with Gasteiger partial charge in [0.1, 0.15) is 4.90 Å². The molecule has 1 aromatic rings. The fraction of sp³-hybridized carbons (Fsp3) is 0.562.